The molecule has 0 bridgehead atoms. The molecule has 17 heavy (non-hydrogen) atoms. The summed E-state index contributed by atoms with van der Waals surface area (Å²) in [4.78, 5) is 10.1. The van der Waals surface area contributed by atoms with Crippen molar-refractivity contribution in [1.29, 1.82) is 0 Å². The Labute approximate surface area is 104 Å². The molecule has 3 nitrogen and oxygen atoms in total. The molecule has 3 heteroatoms. The van der Waals surface area contributed by atoms with Crippen LogP contribution in [0.5, 0.6) is 5.75 Å². The molecule has 94 valence electrons. The summed E-state index contributed by atoms with van der Waals surface area (Å²) in [5, 5.41) is 0. The summed E-state index contributed by atoms with van der Waals surface area (Å²) in [6.07, 6.45) is 2.01. The SMILES string of the molecule is CC(C)(C)c1cnc2c(c1C(C)(C)C)ONC2. The van der Waals surface area contributed by atoms with E-state index in [1.165, 1.54) is 11.1 Å². The Bertz CT molecular complexity index is 439. The van der Waals surface area contributed by atoms with Crippen LogP contribution in [0.4, 0.5) is 0 Å². The topological polar surface area (TPSA) is 34.1 Å². The lowest BCUT2D eigenvalue weighted by atomic mass is 9.75. The van der Waals surface area contributed by atoms with Crippen LogP contribution in [-0.4, -0.2) is 4.98 Å². The number of nitrogens with zero attached hydrogens (tertiary/aromatic N) is 1. The fourth-order valence-corrected chi connectivity index (χ4v) is 2.26. The van der Waals surface area contributed by atoms with Crippen LogP contribution in [0.2, 0.25) is 0 Å². The summed E-state index contributed by atoms with van der Waals surface area (Å²) in [6.45, 7) is 14.0. The molecular formula is C14H22N2O. The molecule has 2 heterocycles. The average molecular weight is 234 g/mol. The van der Waals surface area contributed by atoms with Crippen LogP contribution in [0.1, 0.15) is 58.4 Å². The predicted molar refractivity (Wildman–Crippen MR) is 69.1 cm³/mol. The normalized spacial score (nSPS) is 15.6. The van der Waals surface area contributed by atoms with E-state index in [2.05, 4.69) is 52.0 Å². The molecule has 1 N–H and O–H groups in total. The quantitative estimate of drug-likeness (QED) is 0.749. The monoisotopic (exact) mass is 234 g/mol. The molecule has 0 aromatic carbocycles. The van der Waals surface area contributed by atoms with Gasteiger partial charge in [0.2, 0.25) is 0 Å². The molecule has 0 fully saturated rings. The summed E-state index contributed by atoms with van der Waals surface area (Å²) >= 11 is 0. The molecule has 0 saturated carbocycles. The highest BCUT2D eigenvalue weighted by Gasteiger charge is 2.32. The van der Waals surface area contributed by atoms with Crippen molar-refractivity contribution in [3.63, 3.8) is 0 Å². The minimum Gasteiger partial charge on any atom is -0.406 e. The van der Waals surface area contributed by atoms with Crippen molar-refractivity contribution >= 4 is 0 Å². The fourth-order valence-electron chi connectivity index (χ4n) is 2.26. The number of hydrogen-bond acceptors (Lipinski definition) is 3. The molecule has 0 aliphatic carbocycles. The Hall–Kier alpha value is -1.09. The molecule has 1 aliphatic rings. The lowest BCUT2D eigenvalue weighted by molar-refractivity contribution is 0.219. The minimum atomic E-state index is 0.0572. The Balaban J connectivity index is 2.70. The molecular weight excluding hydrogens is 212 g/mol. The van der Waals surface area contributed by atoms with Gasteiger partial charge in [-0.1, -0.05) is 41.5 Å². The van der Waals surface area contributed by atoms with E-state index in [1.807, 2.05) is 6.20 Å². The maximum atomic E-state index is 5.58. The lowest BCUT2D eigenvalue weighted by Crippen LogP contribution is -2.23. The third kappa shape index (κ3) is 2.16. The molecule has 0 unspecified atom stereocenters. The van der Waals surface area contributed by atoms with Crippen molar-refractivity contribution < 1.29 is 4.84 Å². The van der Waals surface area contributed by atoms with Crippen molar-refractivity contribution in [3.8, 4) is 5.75 Å². The molecule has 1 aliphatic heterocycles. The standard InChI is InChI=1S/C14H22N2O/c1-13(2,3)9-7-15-10-8-16-17-12(10)11(9)14(4,5)6/h7,16H,8H2,1-6H3. The van der Waals surface area contributed by atoms with Crippen molar-refractivity contribution in [2.24, 2.45) is 0 Å². The van der Waals surface area contributed by atoms with Crippen LogP contribution in [0.3, 0.4) is 0 Å². The smallest absolute Gasteiger partial charge is 0.174 e. The van der Waals surface area contributed by atoms with E-state index in [0.29, 0.717) is 6.54 Å². The zero-order valence-corrected chi connectivity index (χ0v) is 11.6. The van der Waals surface area contributed by atoms with Gasteiger partial charge in [-0.25, -0.2) is 0 Å². The van der Waals surface area contributed by atoms with Crippen LogP contribution in [0.15, 0.2) is 6.20 Å². The minimum absolute atomic E-state index is 0.0572. The Morgan fingerprint density at radius 2 is 1.76 bits per heavy atom. The van der Waals surface area contributed by atoms with Crippen LogP contribution >= 0.6 is 0 Å². The maximum absolute atomic E-state index is 5.58. The molecule has 1 aromatic rings. The largest absolute Gasteiger partial charge is 0.406 e. The maximum Gasteiger partial charge on any atom is 0.174 e. The average Bonchev–Trinajstić information content (AvgIpc) is 2.59. The van der Waals surface area contributed by atoms with Crippen LogP contribution < -0.4 is 10.3 Å². The van der Waals surface area contributed by atoms with E-state index in [-0.39, 0.29) is 10.8 Å². The lowest BCUT2D eigenvalue weighted by Gasteiger charge is -2.30. The molecule has 0 spiro atoms. The number of hydrogen-bond donors (Lipinski definition) is 1. The first-order valence-corrected chi connectivity index (χ1v) is 6.14. The highest BCUT2D eigenvalue weighted by atomic mass is 16.7. The van der Waals surface area contributed by atoms with Crippen molar-refractivity contribution in [1.82, 2.24) is 10.5 Å². The van der Waals surface area contributed by atoms with Gasteiger partial charge in [0.25, 0.3) is 0 Å². The molecule has 2 rings (SSSR count). The summed E-state index contributed by atoms with van der Waals surface area (Å²) < 4.78 is 0. The number of hydroxylamine groups is 1. The highest BCUT2D eigenvalue weighted by molar-refractivity contribution is 5.49. The second-order valence-electron chi connectivity index (χ2n) is 6.75. The van der Waals surface area contributed by atoms with Gasteiger partial charge >= 0.3 is 0 Å². The van der Waals surface area contributed by atoms with Gasteiger partial charge in [0, 0.05) is 11.8 Å². The number of pyridine rings is 1. The predicted octanol–water partition coefficient (Wildman–Crippen LogP) is 3.07. The second-order valence-corrected chi connectivity index (χ2v) is 6.75. The number of fused-ring (bicyclic) bond motifs is 1. The van der Waals surface area contributed by atoms with E-state index < -0.39 is 0 Å². The Morgan fingerprint density at radius 1 is 1.12 bits per heavy atom. The molecule has 1 aromatic heterocycles. The first-order valence-electron chi connectivity index (χ1n) is 6.14. The van der Waals surface area contributed by atoms with Crippen molar-refractivity contribution in [2.45, 2.75) is 58.9 Å². The fraction of sp³-hybridized carbons (Fsp3) is 0.643. The third-order valence-electron chi connectivity index (χ3n) is 3.08. The number of rotatable bonds is 0. The van der Waals surface area contributed by atoms with Gasteiger partial charge in [-0.2, -0.15) is 5.48 Å². The zero-order chi connectivity index (χ0) is 12.8. The Kier molecular flexibility index (Phi) is 2.69. The van der Waals surface area contributed by atoms with Crippen LogP contribution in [0, 0.1) is 0 Å². The number of nitrogens with one attached hydrogen (secondary N) is 1. The van der Waals surface area contributed by atoms with E-state index in [4.69, 9.17) is 4.84 Å². The van der Waals surface area contributed by atoms with Gasteiger partial charge in [-0.3, -0.25) is 4.98 Å². The van der Waals surface area contributed by atoms with Crippen LogP contribution in [0.25, 0.3) is 0 Å². The first-order chi connectivity index (χ1) is 7.71. The summed E-state index contributed by atoms with van der Waals surface area (Å²) in [5.74, 6) is 0.935. The molecule has 0 amide bonds. The van der Waals surface area contributed by atoms with Gasteiger partial charge in [0.1, 0.15) is 5.69 Å². The van der Waals surface area contributed by atoms with E-state index in [9.17, 15) is 0 Å². The zero-order valence-electron chi connectivity index (χ0n) is 11.6. The van der Waals surface area contributed by atoms with Crippen LogP contribution in [-0.2, 0) is 17.4 Å². The first kappa shape index (κ1) is 12.4. The van der Waals surface area contributed by atoms with Crippen molar-refractivity contribution in [3.05, 3.63) is 23.0 Å². The highest BCUT2D eigenvalue weighted by Crippen LogP contribution is 2.41. The third-order valence-corrected chi connectivity index (χ3v) is 3.08. The molecule has 0 radical (unpaired) electrons. The summed E-state index contributed by atoms with van der Waals surface area (Å²) in [6, 6.07) is 0. The molecule has 0 atom stereocenters. The van der Waals surface area contributed by atoms with Gasteiger partial charge in [0.15, 0.2) is 5.75 Å². The van der Waals surface area contributed by atoms with Gasteiger partial charge < -0.3 is 4.84 Å². The van der Waals surface area contributed by atoms with E-state index in [0.717, 1.165) is 11.4 Å². The number of aromatic nitrogens is 1. The van der Waals surface area contributed by atoms with Gasteiger partial charge in [-0.05, 0) is 16.4 Å². The second kappa shape index (κ2) is 3.70. The Morgan fingerprint density at radius 3 is 2.29 bits per heavy atom. The van der Waals surface area contributed by atoms with E-state index in [1.54, 1.807) is 0 Å². The van der Waals surface area contributed by atoms with E-state index >= 15 is 0 Å². The van der Waals surface area contributed by atoms with Gasteiger partial charge in [0.05, 0.1) is 6.54 Å². The summed E-state index contributed by atoms with van der Waals surface area (Å²) in [7, 11) is 0. The van der Waals surface area contributed by atoms with Crippen molar-refractivity contribution in [2.75, 3.05) is 0 Å². The molecule has 0 saturated heterocycles. The van der Waals surface area contributed by atoms with Gasteiger partial charge in [-0.15, -0.1) is 0 Å². The summed E-state index contributed by atoms with van der Waals surface area (Å²) in [5.41, 5.74) is 6.62.